The lowest BCUT2D eigenvalue weighted by Gasteiger charge is -2.20. The van der Waals surface area contributed by atoms with E-state index in [-0.39, 0.29) is 16.4 Å². The standard InChI is InChI=1S/C14H24N2O2S/c1-5-12(10-15)16-19(17,18)13-8-6-11(7-9-13)14(2,3)4/h6-9,12,16H,5,10,15H2,1-4H3. The second-order valence-corrected chi connectivity index (χ2v) is 7.45. The zero-order chi connectivity index (χ0) is 14.7. The molecule has 0 heterocycles. The highest BCUT2D eigenvalue weighted by Gasteiger charge is 2.19. The van der Waals surface area contributed by atoms with E-state index in [4.69, 9.17) is 5.73 Å². The van der Waals surface area contributed by atoms with Crippen molar-refractivity contribution >= 4 is 10.0 Å². The van der Waals surface area contributed by atoms with Crippen molar-refractivity contribution in [2.24, 2.45) is 5.73 Å². The summed E-state index contributed by atoms with van der Waals surface area (Å²) >= 11 is 0. The van der Waals surface area contributed by atoms with Crippen LogP contribution < -0.4 is 10.5 Å². The van der Waals surface area contributed by atoms with Crippen molar-refractivity contribution in [2.75, 3.05) is 6.54 Å². The van der Waals surface area contributed by atoms with E-state index in [1.54, 1.807) is 12.1 Å². The van der Waals surface area contributed by atoms with E-state index in [2.05, 4.69) is 25.5 Å². The summed E-state index contributed by atoms with van der Waals surface area (Å²) in [7, 11) is -3.48. The molecule has 19 heavy (non-hydrogen) atoms. The van der Waals surface area contributed by atoms with Gasteiger partial charge in [-0.05, 0) is 29.5 Å². The molecule has 0 aliphatic carbocycles. The van der Waals surface area contributed by atoms with E-state index in [1.807, 2.05) is 19.1 Å². The van der Waals surface area contributed by atoms with Gasteiger partial charge in [0.05, 0.1) is 4.90 Å². The van der Waals surface area contributed by atoms with Crippen LogP contribution >= 0.6 is 0 Å². The molecule has 1 rings (SSSR count). The molecule has 4 nitrogen and oxygen atoms in total. The van der Waals surface area contributed by atoms with Crippen molar-refractivity contribution in [2.45, 2.75) is 50.5 Å². The summed E-state index contributed by atoms with van der Waals surface area (Å²) in [4.78, 5) is 0.285. The van der Waals surface area contributed by atoms with E-state index in [0.29, 0.717) is 13.0 Å². The summed E-state index contributed by atoms with van der Waals surface area (Å²) in [6.07, 6.45) is 0.676. The Labute approximate surface area is 116 Å². The molecule has 1 aromatic rings. The maximum absolute atomic E-state index is 12.2. The summed E-state index contributed by atoms with van der Waals surface area (Å²) in [5.41, 5.74) is 6.64. The van der Waals surface area contributed by atoms with Gasteiger partial charge in [0.1, 0.15) is 0 Å². The lowest BCUT2D eigenvalue weighted by molar-refractivity contribution is 0.542. The second kappa shape index (κ2) is 6.03. The van der Waals surface area contributed by atoms with Crippen molar-refractivity contribution in [1.82, 2.24) is 4.72 Å². The fraction of sp³-hybridized carbons (Fsp3) is 0.571. The lowest BCUT2D eigenvalue weighted by atomic mass is 9.87. The molecule has 108 valence electrons. The molecule has 0 radical (unpaired) electrons. The van der Waals surface area contributed by atoms with Gasteiger partial charge in [-0.15, -0.1) is 0 Å². The van der Waals surface area contributed by atoms with Crippen molar-refractivity contribution in [1.29, 1.82) is 0 Å². The lowest BCUT2D eigenvalue weighted by Crippen LogP contribution is -2.39. The van der Waals surface area contributed by atoms with Gasteiger partial charge in [0.15, 0.2) is 0 Å². The second-order valence-electron chi connectivity index (χ2n) is 5.74. The summed E-state index contributed by atoms with van der Waals surface area (Å²) in [6.45, 7) is 8.49. The monoisotopic (exact) mass is 284 g/mol. The number of nitrogens with one attached hydrogen (secondary N) is 1. The highest BCUT2D eigenvalue weighted by Crippen LogP contribution is 2.23. The molecule has 0 spiro atoms. The first kappa shape index (κ1) is 16.1. The van der Waals surface area contributed by atoms with E-state index < -0.39 is 10.0 Å². The molecule has 0 aromatic heterocycles. The number of hydrogen-bond donors (Lipinski definition) is 2. The molecule has 0 saturated carbocycles. The van der Waals surface area contributed by atoms with Gasteiger partial charge in [0.25, 0.3) is 0 Å². The zero-order valence-electron chi connectivity index (χ0n) is 12.1. The molecule has 0 saturated heterocycles. The summed E-state index contributed by atoms with van der Waals surface area (Å²) in [5, 5.41) is 0. The zero-order valence-corrected chi connectivity index (χ0v) is 12.9. The van der Waals surface area contributed by atoms with Crippen LogP contribution in [0.15, 0.2) is 29.2 Å². The van der Waals surface area contributed by atoms with Gasteiger partial charge in [-0.1, -0.05) is 39.8 Å². The number of sulfonamides is 1. The SMILES string of the molecule is CCC(CN)NS(=O)(=O)c1ccc(C(C)(C)C)cc1. The first-order valence-corrected chi connectivity index (χ1v) is 8.02. The third-order valence-corrected chi connectivity index (χ3v) is 4.67. The normalized spacial score (nSPS) is 14.4. The minimum Gasteiger partial charge on any atom is -0.329 e. The highest BCUT2D eigenvalue weighted by atomic mass is 32.2. The molecular weight excluding hydrogens is 260 g/mol. The summed E-state index contributed by atoms with van der Waals surface area (Å²) in [6, 6.07) is 6.79. The maximum Gasteiger partial charge on any atom is 0.240 e. The molecule has 0 aliphatic rings. The Balaban J connectivity index is 2.97. The van der Waals surface area contributed by atoms with E-state index in [9.17, 15) is 8.42 Å². The average Bonchev–Trinajstić information content (AvgIpc) is 2.35. The molecule has 0 aliphatic heterocycles. The Kier molecular flexibility index (Phi) is 5.12. The molecule has 0 amide bonds. The van der Waals surface area contributed by atoms with Gasteiger partial charge in [-0.3, -0.25) is 0 Å². The van der Waals surface area contributed by atoms with Crippen LogP contribution in [0.1, 0.15) is 39.7 Å². The van der Waals surface area contributed by atoms with Gasteiger partial charge < -0.3 is 5.73 Å². The molecule has 3 N–H and O–H groups in total. The van der Waals surface area contributed by atoms with Gasteiger partial charge in [0.2, 0.25) is 10.0 Å². The third kappa shape index (κ3) is 4.30. The largest absolute Gasteiger partial charge is 0.329 e. The van der Waals surface area contributed by atoms with Gasteiger partial charge >= 0.3 is 0 Å². The predicted octanol–water partition coefficient (Wildman–Crippen LogP) is 2.00. The number of hydrogen-bond acceptors (Lipinski definition) is 3. The first-order chi connectivity index (χ1) is 8.70. The van der Waals surface area contributed by atoms with Crippen LogP contribution in [0.4, 0.5) is 0 Å². The van der Waals surface area contributed by atoms with Crippen LogP contribution in [0, 0.1) is 0 Å². The van der Waals surface area contributed by atoms with E-state index in [1.165, 1.54) is 0 Å². The van der Waals surface area contributed by atoms with Crippen LogP contribution in [-0.4, -0.2) is 21.0 Å². The molecule has 0 bridgehead atoms. The first-order valence-electron chi connectivity index (χ1n) is 6.53. The molecule has 5 heteroatoms. The molecule has 0 fully saturated rings. The maximum atomic E-state index is 12.2. The molecule has 1 atom stereocenters. The van der Waals surface area contributed by atoms with Crippen LogP contribution in [0.2, 0.25) is 0 Å². The summed E-state index contributed by atoms with van der Waals surface area (Å²) < 4.78 is 26.9. The van der Waals surface area contributed by atoms with Crippen LogP contribution in [-0.2, 0) is 15.4 Å². The Morgan fingerprint density at radius 3 is 2.11 bits per heavy atom. The Hall–Kier alpha value is -0.910. The minimum absolute atomic E-state index is 0.0128. The Morgan fingerprint density at radius 1 is 1.21 bits per heavy atom. The highest BCUT2D eigenvalue weighted by molar-refractivity contribution is 7.89. The number of benzene rings is 1. The van der Waals surface area contributed by atoms with Gasteiger partial charge in [-0.2, -0.15) is 0 Å². The van der Waals surface area contributed by atoms with Crippen LogP contribution in [0.5, 0.6) is 0 Å². The topological polar surface area (TPSA) is 72.2 Å². The fourth-order valence-corrected chi connectivity index (χ4v) is 3.05. The smallest absolute Gasteiger partial charge is 0.240 e. The minimum atomic E-state index is -3.48. The Bertz CT molecular complexity index is 497. The summed E-state index contributed by atoms with van der Waals surface area (Å²) in [5.74, 6) is 0. The van der Waals surface area contributed by atoms with Crippen molar-refractivity contribution in [3.05, 3.63) is 29.8 Å². The van der Waals surface area contributed by atoms with E-state index >= 15 is 0 Å². The van der Waals surface area contributed by atoms with E-state index in [0.717, 1.165) is 5.56 Å². The molecule has 1 unspecified atom stereocenters. The van der Waals surface area contributed by atoms with Crippen molar-refractivity contribution in [3.8, 4) is 0 Å². The van der Waals surface area contributed by atoms with Crippen molar-refractivity contribution in [3.63, 3.8) is 0 Å². The average molecular weight is 284 g/mol. The van der Waals surface area contributed by atoms with Crippen LogP contribution in [0.3, 0.4) is 0 Å². The Morgan fingerprint density at radius 2 is 1.74 bits per heavy atom. The molecular formula is C14H24N2O2S. The fourth-order valence-electron chi connectivity index (χ4n) is 1.72. The third-order valence-electron chi connectivity index (χ3n) is 3.13. The predicted molar refractivity (Wildman–Crippen MR) is 78.6 cm³/mol. The van der Waals surface area contributed by atoms with Crippen molar-refractivity contribution < 1.29 is 8.42 Å². The number of rotatable bonds is 5. The number of nitrogens with two attached hydrogens (primary N) is 1. The van der Waals surface area contributed by atoms with Gasteiger partial charge in [0, 0.05) is 12.6 Å². The molecule has 1 aromatic carbocycles. The van der Waals surface area contributed by atoms with Crippen LogP contribution in [0.25, 0.3) is 0 Å². The van der Waals surface area contributed by atoms with Gasteiger partial charge in [-0.25, -0.2) is 13.1 Å². The quantitative estimate of drug-likeness (QED) is 0.868.